The maximum Gasteiger partial charge on any atom is 0.293 e. The molecule has 0 heterocycles. The molecule has 0 aromatic heterocycles. The first-order chi connectivity index (χ1) is 9.11. The van der Waals surface area contributed by atoms with Crippen LogP contribution in [0.1, 0.15) is 15.9 Å². The van der Waals surface area contributed by atoms with Gasteiger partial charge in [-0.15, -0.1) is 0 Å². The highest BCUT2D eigenvalue weighted by atomic mass is 32.2. The Morgan fingerprint density at radius 1 is 1.45 bits per heavy atom. The number of aryl methyl sites for hydroxylation is 1. The van der Waals surface area contributed by atoms with Crippen LogP contribution in [0.4, 0.5) is 11.4 Å². The molecule has 0 saturated heterocycles. The smallest absolute Gasteiger partial charge is 0.293 e. The second-order valence-electron chi connectivity index (χ2n) is 4.39. The summed E-state index contributed by atoms with van der Waals surface area (Å²) in [5.74, 6) is -0.857. The van der Waals surface area contributed by atoms with Crippen LogP contribution in [0.15, 0.2) is 12.1 Å². The Morgan fingerprint density at radius 3 is 2.55 bits per heavy atom. The molecule has 3 N–H and O–H groups in total. The SMILES string of the molecule is Cc1cc(C(=O)NCCS(C)(=O)=O)c(N)c([N+](=O)[O-])c1. The zero-order valence-corrected chi connectivity index (χ0v) is 11.9. The molecular formula is C11H15N3O5S. The Morgan fingerprint density at radius 2 is 2.05 bits per heavy atom. The first-order valence-corrected chi connectivity index (χ1v) is 7.68. The van der Waals surface area contributed by atoms with E-state index in [2.05, 4.69) is 5.32 Å². The lowest BCUT2D eigenvalue weighted by Crippen LogP contribution is -2.29. The van der Waals surface area contributed by atoms with Crippen molar-refractivity contribution in [3.8, 4) is 0 Å². The molecule has 1 rings (SSSR count). The van der Waals surface area contributed by atoms with Crippen LogP contribution in [0.5, 0.6) is 0 Å². The van der Waals surface area contributed by atoms with Crippen molar-refractivity contribution in [3.63, 3.8) is 0 Å². The van der Waals surface area contributed by atoms with Crippen molar-refractivity contribution < 1.29 is 18.1 Å². The third-order valence-corrected chi connectivity index (χ3v) is 3.45. The number of nitro benzene ring substituents is 1. The number of carbonyl (C=O) groups is 1. The van der Waals surface area contributed by atoms with Crippen molar-refractivity contribution in [3.05, 3.63) is 33.4 Å². The third kappa shape index (κ3) is 4.19. The van der Waals surface area contributed by atoms with Gasteiger partial charge in [-0.05, 0) is 18.6 Å². The topological polar surface area (TPSA) is 132 Å². The van der Waals surface area contributed by atoms with Crippen LogP contribution in [0.2, 0.25) is 0 Å². The van der Waals surface area contributed by atoms with Crippen LogP contribution >= 0.6 is 0 Å². The summed E-state index contributed by atoms with van der Waals surface area (Å²) in [6.45, 7) is 1.51. The number of rotatable bonds is 5. The quantitative estimate of drug-likeness (QED) is 0.455. The molecule has 110 valence electrons. The van der Waals surface area contributed by atoms with Crippen molar-refractivity contribution in [2.45, 2.75) is 6.92 Å². The van der Waals surface area contributed by atoms with Crippen LogP contribution in [-0.4, -0.2) is 37.8 Å². The lowest BCUT2D eigenvalue weighted by atomic mass is 10.1. The Balaban J connectivity index is 2.96. The first-order valence-electron chi connectivity index (χ1n) is 5.62. The van der Waals surface area contributed by atoms with E-state index in [1.54, 1.807) is 6.92 Å². The highest BCUT2D eigenvalue weighted by Gasteiger charge is 2.20. The third-order valence-electron chi connectivity index (χ3n) is 2.50. The molecule has 0 unspecified atom stereocenters. The van der Waals surface area contributed by atoms with E-state index in [0.29, 0.717) is 5.56 Å². The zero-order valence-electron chi connectivity index (χ0n) is 11.0. The molecule has 1 aromatic rings. The normalized spacial score (nSPS) is 11.1. The van der Waals surface area contributed by atoms with Gasteiger partial charge < -0.3 is 11.1 Å². The monoisotopic (exact) mass is 301 g/mol. The van der Waals surface area contributed by atoms with E-state index in [4.69, 9.17) is 5.73 Å². The number of carbonyl (C=O) groups excluding carboxylic acids is 1. The van der Waals surface area contributed by atoms with E-state index in [1.807, 2.05) is 0 Å². The molecular weight excluding hydrogens is 286 g/mol. The summed E-state index contributed by atoms with van der Waals surface area (Å²) >= 11 is 0. The Labute approximate surface area is 116 Å². The second kappa shape index (κ2) is 5.87. The summed E-state index contributed by atoms with van der Waals surface area (Å²) < 4.78 is 21.9. The van der Waals surface area contributed by atoms with E-state index in [9.17, 15) is 23.3 Å². The van der Waals surface area contributed by atoms with E-state index >= 15 is 0 Å². The number of benzene rings is 1. The summed E-state index contributed by atoms with van der Waals surface area (Å²) in [4.78, 5) is 22.0. The Kier molecular flexibility index (Phi) is 4.66. The van der Waals surface area contributed by atoms with Crippen LogP contribution < -0.4 is 11.1 Å². The number of nitrogens with two attached hydrogens (primary N) is 1. The van der Waals surface area contributed by atoms with E-state index in [0.717, 1.165) is 6.26 Å². The molecule has 8 nitrogen and oxygen atoms in total. The van der Waals surface area contributed by atoms with Crippen LogP contribution in [0.25, 0.3) is 0 Å². The second-order valence-corrected chi connectivity index (χ2v) is 6.65. The molecule has 0 bridgehead atoms. The minimum Gasteiger partial charge on any atom is -0.393 e. The standard InChI is InChI=1S/C11H15N3O5S/c1-7-5-8(10(12)9(6-7)14(16)17)11(15)13-3-4-20(2,18)19/h5-6H,3-4,12H2,1-2H3,(H,13,15). The molecule has 20 heavy (non-hydrogen) atoms. The van der Waals surface area contributed by atoms with Gasteiger partial charge in [0, 0.05) is 18.9 Å². The first kappa shape index (κ1) is 15.9. The maximum absolute atomic E-state index is 11.9. The van der Waals surface area contributed by atoms with Gasteiger partial charge in [0.15, 0.2) is 0 Å². The number of nitrogens with one attached hydrogen (secondary N) is 1. The maximum atomic E-state index is 11.9. The number of hydrogen-bond donors (Lipinski definition) is 2. The number of nitrogens with zero attached hydrogens (tertiary/aromatic N) is 1. The number of nitro groups is 1. The van der Waals surface area contributed by atoms with Crippen LogP contribution in [0, 0.1) is 17.0 Å². The van der Waals surface area contributed by atoms with Gasteiger partial charge in [0.2, 0.25) is 0 Å². The molecule has 0 radical (unpaired) electrons. The van der Waals surface area contributed by atoms with Gasteiger partial charge in [-0.25, -0.2) is 8.42 Å². The van der Waals surface area contributed by atoms with Crippen molar-refractivity contribution in [2.24, 2.45) is 0 Å². The van der Waals surface area contributed by atoms with Crippen LogP contribution in [-0.2, 0) is 9.84 Å². The molecule has 0 aliphatic rings. The molecule has 0 atom stereocenters. The zero-order chi connectivity index (χ0) is 15.5. The van der Waals surface area contributed by atoms with E-state index < -0.39 is 20.7 Å². The molecule has 9 heteroatoms. The van der Waals surface area contributed by atoms with Gasteiger partial charge >= 0.3 is 0 Å². The average molecular weight is 301 g/mol. The molecule has 0 fully saturated rings. The van der Waals surface area contributed by atoms with Crippen molar-refractivity contribution in [1.82, 2.24) is 5.32 Å². The summed E-state index contributed by atoms with van der Waals surface area (Å²) in [7, 11) is -3.20. The fraction of sp³-hybridized carbons (Fsp3) is 0.364. The number of anilines is 1. The Bertz CT molecular complexity index is 654. The van der Waals surface area contributed by atoms with Gasteiger partial charge in [0.1, 0.15) is 15.5 Å². The predicted octanol–water partition coefficient (Wildman–Crippen LogP) is 0.260. The van der Waals surface area contributed by atoms with E-state index in [1.165, 1.54) is 12.1 Å². The predicted molar refractivity (Wildman–Crippen MR) is 74.3 cm³/mol. The lowest BCUT2D eigenvalue weighted by molar-refractivity contribution is -0.384. The van der Waals surface area contributed by atoms with Crippen molar-refractivity contribution in [1.29, 1.82) is 0 Å². The van der Waals surface area contributed by atoms with Gasteiger partial charge in [0.25, 0.3) is 11.6 Å². The lowest BCUT2D eigenvalue weighted by Gasteiger charge is -2.08. The summed E-state index contributed by atoms with van der Waals surface area (Å²) in [5, 5.41) is 13.2. The minimum atomic E-state index is -3.20. The number of nitrogen functional groups attached to an aromatic ring is 1. The van der Waals surface area contributed by atoms with Crippen LogP contribution in [0.3, 0.4) is 0 Å². The molecule has 0 aliphatic heterocycles. The van der Waals surface area contributed by atoms with Gasteiger partial charge in [-0.1, -0.05) is 0 Å². The fourth-order valence-electron chi connectivity index (χ4n) is 1.56. The largest absolute Gasteiger partial charge is 0.393 e. The molecule has 0 aliphatic carbocycles. The van der Waals surface area contributed by atoms with Gasteiger partial charge in [-0.3, -0.25) is 14.9 Å². The molecule has 0 spiro atoms. The highest BCUT2D eigenvalue weighted by molar-refractivity contribution is 7.90. The number of sulfone groups is 1. The minimum absolute atomic E-state index is 0.0369. The number of amides is 1. The average Bonchev–Trinajstić information content (AvgIpc) is 2.29. The van der Waals surface area contributed by atoms with E-state index in [-0.39, 0.29) is 29.2 Å². The Hall–Kier alpha value is -2.16. The van der Waals surface area contributed by atoms with Crippen molar-refractivity contribution >= 4 is 27.1 Å². The van der Waals surface area contributed by atoms with Crippen molar-refractivity contribution in [2.75, 3.05) is 24.3 Å². The molecule has 1 amide bonds. The summed E-state index contributed by atoms with van der Waals surface area (Å²) in [6, 6.07) is 2.68. The summed E-state index contributed by atoms with van der Waals surface area (Å²) in [5.41, 5.74) is 5.48. The molecule has 1 aromatic carbocycles. The summed E-state index contributed by atoms with van der Waals surface area (Å²) in [6.07, 6.45) is 1.05. The fourth-order valence-corrected chi connectivity index (χ4v) is 2.04. The van der Waals surface area contributed by atoms with Gasteiger partial charge in [0.05, 0.1) is 16.2 Å². The van der Waals surface area contributed by atoms with Gasteiger partial charge in [-0.2, -0.15) is 0 Å². The molecule has 0 saturated carbocycles. The number of hydrogen-bond acceptors (Lipinski definition) is 6. The highest BCUT2D eigenvalue weighted by Crippen LogP contribution is 2.26.